The second kappa shape index (κ2) is 12.6. The third-order valence-corrected chi connectivity index (χ3v) is 11.7. The van der Waals surface area contributed by atoms with Crippen LogP contribution in [0.25, 0.3) is 55.3 Å². The first kappa shape index (κ1) is 34.9. The van der Waals surface area contributed by atoms with Gasteiger partial charge in [-0.25, -0.2) is 0 Å². The van der Waals surface area contributed by atoms with Gasteiger partial charge in [-0.15, -0.1) is 0 Å². The Hall–Kier alpha value is -5.86. The van der Waals surface area contributed by atoms with Crippen molar-refractivity contribution in [3.63, 3.8) is 0 Å². The Morgan fingerprint density at radius 2 is 1.07 bits per heavy atom. The fourth-order valence-corrected chi connectivity index (χ4v) is 8.76. The molecule has 0 bridgehead atoms. The molecule has 1 aliphatic rings. The van der Waals surface area contributed by atoms with Crippen LogP contribution in [-0.4, -0.2) is 0 Å². The lowest BCUT2D eigenvalue weighted by Crippen LogP contribution is -2.25. The molecule has 2 nitrogen and oxygen atoms in total. The molecule has 0 fully saturated rings. The Morgan fingerprint density at radius 3 is 1.75 bits per heavy atom. The summed E-state index contributed by atoms with van der Waals surface area (Å²) in [6, 6.07) is 55.4. The molecule has 0 radical (unpaired) electrons. The van der Waals surface area contributed by atoms with Crippen LogP contribution in [0.1, 0.15) is 77.6 Å². The summed E-state index contributed by atoms with van der Waals surface area (Å²) >= 11 is 0. The molecular weight excluding hydrogens is 667 g/mol. The van der Waals surface area contributed by atoms with Crippen LogP contribution in [-0.2, 0) is 16.2 Å². The normalized spacial score (nSPS) is 13.6. The van der Waals surface area contributed by atoms with Gasteiger partial charge in [-0.3, -0.25) is 0 Å². The molecule has 0 saturated heterocycles. The Balaban J connectivity index is 1.18. The van der Waals surface area contributed by atoms with E-state index in [0.29, 0.717) is 0 Å². The highest BCUT2D eigenvalue weighted by molar-refractivity contribution is 6.09. The SMILES string of the molecule is CC(C)(C)c1cc2c(c(C(C)(C)C)c1)C(C)(C)c1cc(N(c3ccc(-c4ccccc4)cc3)c3ccc(-c4cccc5c4oc4ccccc45)cc3)ccc1-2. The first-order valence-electron chi connectivity index (χ1n) is 19.6. The topological polar surface area (TPSA) is 16.4 Å². The number of para-hydroxylation sites is 2. The Kier molecular flexibility index (Phi) is 7.99. The van der Waals surface area contributed by atoms with E-state index in [9.17, 15) is 0 Å². The van der Waals surface area contributed by atoms with Gasteiger partial charge in [0.25, 0.3) is 0 Å². The predicted molar refractivity (Wildman–Crippen MR) is 234 cm³/mol. The average Bonchev–Trinajstić information content (AvgIpc) is 3.67. The number of fused-ring (bicyclic) bond motifs is 6. The smallest absolute Gasteiger partial charge is 0.143 e. The summed E-state index contributed by atoms with van der Waals surface area (Å²) in [5.41, 5.74) is 18.1. The third-order valence-electron chi connectivity index (χ3n) is 11.7. The van der Waals surface area contributed by atoms with Gasteiger partial charge in [0.2, 0.25) is 0 Å². The van der Waals surface area contributed by atoms with Gasteiger partial charge in [-0.1, -0.05) is 165 Å². The Labute approximate surface area is 326 Å². The van der Waals surface area contributed by atoms with Gasteiger partial charge in [0.05, 0.1) is 0 Å². The van der Waals surface area contributed by atoms with Gasteiger partial charge < -0.3 is 9.32 Å². The Bertz CT molecular complexity index is 2720. The molecule has 0 unspecified atom stereocenters. The lowest BCUT2D eigenvalue weighted by atomic mass is 9.71. The standard InChI is InChI=1S/C53H49NO/c1-51(2,3)37-31-45-42-30-29-40(33-46(42)53(7,8)49(45)47(32-37)52(4,5)6)54(38-25-21-35(22-26-38)34-15-10-9-11-16-34)39-27-23-36(24-28-39)41-18-14-19-44-43-17-12-13-20-48(43)55-50(41)44/h9-33H,1-8H3. The van der Waals surface area contributed by atoms with Gasteiger partial charge in [-0.2, -0.15) is 0 Å². The van der Waals surface area contributed by atoms with Crippen LogP contribution in [0.4, 0.5) is 17.1 Å². The Morgan fingerprint density at radius 1 is 0.473 bits per heavy atom. The van der Waals surface area contributed by atoms with E-state index in [4.69, 9.17) is 4.42 Å². The van der Waals surface area contributed by atoms with Crippen molar-refractivity contribution < 1.29 is 4.42 Å². The number of furan rings is 1. The predicted octanol–water partition coefficient (Wildman–Crippen LogP) is 15.3. The maximum Gasteiger partial charge on any atom is 0.143 e. The monoisotopic (exact) mass is 715 g/mol. The highest BCUT2D eigenvalue weighted by atomic mass is 16.3. The summed E-state index contributed by atoms with van der Waals surface area (Å²) in [7, 11) is 0. The summed E-state index contributed by atoms with van der Waals surface area (Å²) in [6.07, 6.45) is 0. The van der Waals surface area contributed by atoms with E-state index in [1.54, 1.807) is 0 Å². The highest BCUT2D eigenvalue weighted by Gasteiger charge is 2.41. The van der Waals surface area contributed by atoms with Crippen LogP contribution in [0, 0.1) is 0 Å². The average molecular weight is 716 g/mol. The molecule has 1 aromatic heterocycles. The summed E-state index contributed by atoms with van der Waals surface area (Å²) in [4.78, 5) is 2.41. The number of benzene rings is 7. The van der Waals surface area contributed by atoms with Crippen molar-refractivity contribution in [1.29, 1.82) is 0 Å². The van der Waals surface area contributed by atoms with Crippen molar-refractivity contribution in [3.8, 4) is 33.4 Å². The molecule has 8 aromatic rings. The summed E-state index contributed by atoms with van der Waals surface area (Å²) in [6.45, 7) is 18.9. The van der Waals surface area contributed by atoms with Gasteiger partial charge in [-0.05, 0) is 103 Å². The second-order valence-electron chi connectivity index (χ2n) is 17.9. The fraction of sp³-hybridized carbons (Fsp3) is 0.208. The van der Waals surface area contributed by atoms with Crippen molar-refractivity contribution in [2.24, 2.45) is 0 Å². The first-order chi connectivity index (χ1) is 26.3. The zero-order valence-electron chi connectivity index (χ0n) is 33.3. The maximum atomic E-state index is 6.44. The largest absolute Gasteiger partial charge is 0.455 e. The van der Waals surface area contributed by atoms with Crippen molar-refractivity contribution in [1.82, 2.24) is 0 Å². The number of hydrogen-bond donors (Lipinski definition) is 0. The minimum atomic E-state index is -0.169. The lowest BCUT2D eigenvalue weighted by Gasteiger charge is -2.33. The van der Waals surface area contributed by atoms with E-state index in [-0.39, 0.29) is 16.2 Å². The minimum Gasteiger partial charge on any atom is -0.455 e. The molecule has 0 saturated carbocycles. The lowest BCUT2D eigenvalue weighted by molar-refractivity contribution is 0.545. The number of anilines is 3. The fourth-order valence-electron chi connectivity index (χ4n) is 8.76. The number of nitrogens with zero attached hydrogens (tertiary/aromatic N) is 1. The van der Waals surface area contributed by atoms with Crippen LogP contribution in [0.15, 0.2) is 156 Å². The van der Waals surface area contributed by atoms with Gasteiger partial charge in [0.1, 0.15) is 11.2 Å². The molecule has 55 heavy (non-hydrogen) atoms. The van der Waals surface area contributed by atoms with Gasteiger partial charge in [0, 0.05) is 38.8 Å². The van der Waals surface area contributed by atoms with E-state index < -0.39 is 0 Å². The zero-order valence-corrected chi connectivity index (χ0v) is 33.3. The highest BCUT2D eigenvalue weighted by Crippen LogP contribution is 2.54. The van der Waals surface area contributed by atoms with Gasteiger partial charge in [0.15, 0.2) is 0 Å². The second-order valence-corrected chi connectivity index (χ2v) is 17.9. The molecule has 1 aliphatic carbocycles. The van der Waals surface area contributed by atoms with Crippen LogP contribution >= 0.6 is 0 Å². The van der Waals surface area contributed by atoms with Crippen molar-refractivity contribution in [3.05, 3.63) is 174 Å². The van der Waals surface area contributed by atoms with Gasteiger partial charge >= 0.3 is 0 Å². The summed E-state index contributed by atoms with van der Waals surface area (Å²) < 4.78 is 6.44. The third kappa shape index (κ3) is 5.87. The molecule has 0 aliphatic heterocycles. The van der Waals surface area contributed by atoms with Crippen molar-refractivity contribution in [2.75, 3.05) is 4.90 Å². The molecule has 272 valence electrons. The molecule has 2 heteroatoms. The summed E-state index contributed by atoms with van der Waals surface area (Å²) in [5, 5.41) is 2.29. The maximum absolute atomic E-state index is 6.44. The quantitative estimate of drug-likeness (QED) is 0.176. The molecule has 0 N–H and O–H groups in total. The van der Waals surface area contributed by atoms with E-state index in [1.165, 1.54) is 44.5 Å². The molecular formula is C53H49NO. The van der Waals surface area contributed by atoms with Crippen molar-refractivity contribution >= 4 is 39.0 Å². The van der Waals surface area contributed by atoms with Crippen molar-refractivity contribution in [2.45, 2.75) is 71.6 Å². The van der Waals surface area contributed by atoms with Crippen LogP contribution in [0.5, 0.6) is 0 Å². The van der Waals surface area contributed by atoms with E-state index in [0.717, 1.165) is 50.1 Å². The van der Waals surface area contributed by atoms with E-state index in [1.807, 2.05) is 12.1 Å². The van der Waals surface area contributed by atoms with E-state index >= 15 is 0 Å². The molecule has 9 rings (SSSR count). The molecule has 0 atom stereocenters. The molecule has 1 heterocycles. The molecule has 0 amide bonds. The molecule has 0 spiro atoms. The van der Waals surface area contributed by atoms with Crippen LogP contribution in [0.2, 0.25) is 0 Å². The van der Waals surface area contributed by atoms with E-state index in [2.05, 4.69) is 200 Å². The van der Waals surface area contributed by atoms with Crippen LogP contribution in [0.3, 0.4) is 0 Å². The zero-order chi connectivity index (χ0) is 38.3. The van der Waals surface area contributed by atoms with Crippen LogP contribution < -0.4 is 4.90 Å². The minimum absolute atomic E-state index is 0.00840. The number of rotatable bonds is 5. The number of hydrogen-bond acceptors (Lipinski definition) is 2. The first-order valence-corrected chi connectivity index (χ1v) is 19.6. The molecule has 7 aromatic carbocycles. The summed E-state index contributed by atoms with van der Waals surface area (Å²) in [5.74, 6) is 0.